The third-order valence-corrected chi connectivity index (χ3v) is 7.46. The molecular formula is C20H19NO2S2. The minimum absolute atomic E-state index is 0.236. The predicted octanol–water partition coefficient (Wildman–Crippen LogP) is 4.74. The van der Waals surface area contributed by atoms with E-state index in [0.29, 0.717) is 5.75 Å². The molecule has 0 saturated heterocycles. The van der Waals surface area contributed by atoms with Crippen molar-refractivity contribution >= 4 is 20.7 Å². The van der Waals surface area contributed by atoms with Crippen molar-refractivity contribution in [1.82, 2.24) is 0 Å². The van der Waals surface area contributed by atoms with E-state index < -0.39 is 20.7 Å². The van der Waals surface area contributed by atoms with Crippen molar-refractivity contribution in [2.75, 3.05) is 0 Å². The SMILES string of the molecule is Cc1ccc(S(=O)(=O)N=S(Cc2ccccc2)c2ccccc2)cc1. The first-order chi connectivity index (χ1) is 12.0. The van der Waals surface area contributed by atoms with Gasteiger partial charge in [0.05, 0.1) is 4.90 Å². The Morgan fingerprint density at radius 1 is 0.800 bits per heavy atom. The first-order valence-corrected chi connectivity index (χ1v) is 10.7. The van der Waals surface area contributed by atoms with E-state index in [1.165, 1.54) is 0 Å². The molecule has 5 heteroatoms. The number of nitrogens with zero attached hydrogens (tertiary/aromatic N) is 1. The van der Waals surface area contributed by atoms with Gasteiger partial charge in [-0.1, -0.05) is 66.2 Å². The Bertz CT molecular complexity index is 965. The molecule has 0 N–H and O–H groups in total. The van der Waals surface area contributed by atoms with E-state index in [4.69, 9.17) is 0 Å². The summed E-state index contributed by atoms with van der Waals surface area (Å²) in [7, 11) is -4.48. The molecule has 0 amide bonds. The Kier molecular flexibility index (Phi) is 5.46. The van der Waals surface area contributed by atoms with Crippen LogP contribution in [0, 0.1) is 6.92 Å². The minimum Gasteiger partial charge on any atom is -0.199 e. The molecule has 0 radical (unpaired) electrons. The minimum atomic E-state index is -3.71. The Labute approximate surface area is 151 Å². The summed E-state index contributed by atoms with van der Waals surface area (Å²) in [4.78, 5) is 1.15. The molecule has 3 aromatic carbocycles. The third kappa shape index (κ3) is 4.65. The summed E-state index contributed by atoms with van der Waals surface area (Å²) in [5.74, 6) is 0.565. The number of benzene rings is 3. The summed E-state index contributed by atoms with van der Waals surface area (Å²) >= 11 is 0. The highest BCUT2D eigenvalue weighted by molar-refractivity contribution is 7.99. The lowest BCUT2D eigenvalue weighted by atomic mass is 10.2. The topological polar surface area (TPSA) is 46.5 Å². The van der Waals surface area contributed by atoms with Gasteiger partial charge in [-0.25, -0.2) is 0 Å². The predicted molar refractivity (Wildman–Crippen MR) is 103 cm³/mol. The lowest BCUT2D eigenvalue weighted by Crippen LogP contribution is -2.03. The Balaban J connectivity index is 2.04. The van der Waals surface area contributed by atoms with Crippen LogP contribution in [0.2, 0.25) is 0 Å². The molecule has 0 spiro atoms. The van der Waals surface area contributed by atoms with Gasteiger partial charge >= 0.3 is 0 Å². The molecule has 128 valence electrons. The zero-order chi connectivity index (χ0) is 17.7. The number of hydrogen-bond acceptors (Lipinski definition) is 2. The van der Waals surface area contributed by atoms with Crippen LogP contribution in [0.25, 0.3) is 0 Å². The lowest BCUT2D eigenvalue weighted by molar-refractivity contribution is 0.598. The largest absolute Gasteiger partial charge is 0.288 e. The lowest BCUT2D eigenvalue weighted by Gasteiger charge is -2.09. The first-order valence-electron chi connectivity index (χ1n) is 7.89. The van der Waals surface area contributed by atoms with Gasteiger partial charge < -0.3 is 0 Å². The molecule has 1 unspecified atom stereocenters. The molecule has 0 aliphatic rings. The molecule has 25 heavy (non-hydrogen) atoms. The van der Waals surface area contributed by atoms with Gasteiger partial charge in [0.1, 0.15) is 0 Å². The normalized spacial score (nSPS) is 12.8. The molecule has 3 aromatic rings. The van der Waals surface area contributed by atoms with Crippen molar-refractivity contribution in [2.45, 2.75) is 22.5 Å². The summed E-state index contributed by atoms with van der Waals surface area (Å²) in [5.41, 5.74) is 2.09. The van der Waals surface area contributed by atoms with Gasteiger partial charge in [0.2, 0.25) is 0 Å². The Morgan fingerprint density at radius 3 is 1.96 bits per heavy atom. The van der Waals surface area contributed by atoms with E-state index in [0.717, 1.165) is 16.0 Å². The van der Waals surface area contributed by atoms with Crippen LogP contribution in [0.4, 0.5) is 0 Å². The average Bonchev–Trinajstić information content (AvgIpc) is 2.63. The molecule has 0 heterocycles. The Hall–Kier alpha value is -2.24. The molecule has 0 aliphatic carbocycles. The van der Waals surface area contributed by atoms with Crippen LogP contribution in [0.15, 0.2) is 98.5 Å². The molecular weight excluding hydrogens is 350 g/mol. The van der Waals surface area contributed by atoms with Gasteiger partial charge in [0.25, 0.3) is 10.0 Å². The number of sulfonamides is 1. The highest BCUT2D eigenvalue weighted by Gasteiger charge is 2.15. The fraction of sp³-hybridized carbons (Fsp3) is 0.100. The van der Waals surface area contributed by atoms with Crippen LogP contribution >= 0.6 is 0 Å². The summed E-state index contributed by atoms with van der Waals surface area (Å²) in [6, 6.07) is 26.3. The van der Waals surface area contributed by atoms with Crippen molar-refractivity contribution in [2.24, 2.45) is 3.77 Å². The van der Waals surface area contributed by atoms with E-state index in [1.54, 1.807) is 24.3 Å². The van der Waals surface area contributed by atoms with E-state index >= 15 is 0 Å². The molecule has 3 nitrogen and oxygen atoms in total. The molecule has 0 aromatic heterocycles. The maximum Gasteiger partial charge on any atom is 0.288 e. The second-order valence-electron chi connectivity index (χ2n) is 5.67. The van der Waals surface area contributed by atoms with Crippen LogP contribution < -0.4 is 0 Å². The molecule has 0 bridgehead atoms. The van der Waals surface area contributed by atoms with E-state index in [2.05, 4.69) is 3.77 Å². The number of aryl methyl sites for hydroxylation is 1. The number of hydrogen-bond donors (Lipinski definition) is 0. The monoisotopic (exact) mass is 369 g/mol. The highest BCUT2D eigenvalue weighted by Crippen LogP contribution is 2.20. The van der Waals surface area contributed by atoms with Crippen LogP contribution in [0.5, 0.6) is 0 Å². The zero-order valence-electron chi connectivity index (χ0n) is 13.9. The van der Waals surface area contributed by atoms with Crippen LogP contribution in [0.1, 0.15) is 11.1 Å². The van der Waals surface area contributed by atoms with E-state index in [-0.39, 0.29) is 4.90 Å². The summed E-state index contributed by atoms with van der Waals surface area (Å²) in [6.45, 7) is 1.93. The Morgan fingerprint density at radius 2 is 1.36 bits per heavy atom. The number of rotatable bonds is 5. The van der Waals surface area contributed by atoms with Gasteiger partial charge in [0, 0.05) is 10.6 Å². The zero-order valence-corrected chi connectivity index (χ0v) is 15.5. The molecule has 1 atom stereocenters. The van der Waals surface area contributed by atoms with Crippen molar-refractivity contribution < 1.29 is 8.42 Å². The molecule has 0 aliphatic heterocycles. The third-order valence-electron chi connectivity index (χ3n) is 3.67. The summed E-state index contributed by atoms with van der Waals surface area (Å²) in [6.07, 6.45) is 0. The highest BCUT2D eigenvalue weighted by atomic mass is 32.3. The van der Waals surface area contributed by atoms with Crippen LogP contribution in [-0.2, 0) is 26.5 Å². The molecule has 3 rings (SSSR count). The van der Waals surface area contributed by atoms with Crippen molar-refractivity contribution in [3.05, 3.63) is 96.1 Å². The van der Waals surface area contributed by atoms with Gasteiger partial charge in [-0.3, -0.25) is 0 Å². The van der Waals surface area contributed by atoms with Crippen LogP contribution in [-0.4, -0.2) is 8.42 Å². The fourth-order valence-corrected chi connectivity index (χ4v) is 5.81. The molecule has 0 fully saturated rings. The maximum absolute atomic E-state index is 12.8. The van der Waals surface area contributed by atoms with Gasteiger partial charge in [-0.15, -0.1) is 3.77 Å². The molecule has 0 saturated carbocycles. The summed E-state index contributed by atoms with van der Waals surface area (Å²) < 4.78 is 29.8. The summed E-state index contributed by atoms with van der Waals surface area (Å²) in [5, 5.41) is 0. The van der Waals surface area contributed by atoms with Crippen LogP contribution in [0.3, 0.4) is 0 Å². The van der Waals surface area contributed by atoms with Gasteiger partial charge in [-0.05, 0) is 47.4 Å². The van der Waals surface area contributed by atoms with Gasteiger partial charge in [-0.2, -0.15) is 8.42 Å². The van der Waals surface area contributed by atoms with E-state index in [1.807, 2.05) is 67.6 Å². The van der Waals surface area contributed by atoms with Crippen molar-refractivity contribution in [1.29, 1.82) is 0 Å². The second kappa shape index (κ2) is 7.76. The van der Waals surface area contributed by atoms with Gasteiger partial charge in [0.15, 0.2) is 0 Å². The average molecular weight is 370 g/mol. The first kappa shape index (κ1) is 17.6. The standard InChI is InChI=1S/C20H19NO2S2/c1-17-12-14-20(15-13-17)25(22,23)21-24(19-10-6-3-7-11-19)16-18-8-4-2-5-9-18/h2-15H,16H2,1H3. The van der Waals surface area contributed by atoms with E-state index in [9.17, 15) is 8.42 Å². The quantitative estimate of drug-likeness (QED) is 0.652. The fourth-order valence-electron chi connectivity index (χ4n) is 2.33. The maximum atomic E-state index is 12.8. The smallest absolute Gasteiger partial charge is 0.199 e. The van der Waals surface area contributed by atoms with Crippen molar-refractivity contribution in [3.63, 3.8) is 0 Å². The second-order valence-corrected chi connectivity index (χ2v) is 9.18. The van der Waals surface area contributed by atoms with Crippen molar-refractivity contribution in [3.8, 4) is 0 Å².